The minimum absolute atomic E-state index is 0.0398. The van der Waals surface area contributed by atoms with Gasteiger partial charge in [-0.2, -0.15) is 0 Å². The van der Waals surface area contributed by atoms with E-state index in [1.807, 2.05) is 22.6 Å². The Morgan fingerprint density at radius 1 is 1.00 bits per heavy atom. The Bertz CT molecular complexity index is 834. The highest BCUT2D eigenvalue weighted by atomic mass is 16.5. The van der Waals surface area contributed by atoms with Crippen molar-refractivity contribution in [3.8, 4) is 0 Å². The van der Waals surface area contributed by atoms with E-state index in [1.165, 1.54) is 0 Å². The van der Waals surface area contributed by atoms with Crippen LogP contribution in [-0.2, 0) is 4.74 Å². The Morgan fingerprint density at radius 2 is 1.73 bits per heavy atom. The number of ketones is 1. The Balaban J connectivity index is 1.96. The van der Waals surface area contributed by atoms with Crippen LogP contribution in [0.5, 0.6) is 0 Å². The van der Waals surface area contributed by atoms with Gasteiger partial charge in [0.15, 0.2) is 5.78 Å². The van der Waals surface area contributed by atoms with Gasteiger partial charge in [-0.3, -0.25) is 4.79 Å². The highest BCUT2D eigenvalue weighted by molar-refractivity contribution is 6.09. The molecule has 0 saturated heterocycles. The van der Waals surface area contributed by atoms with Crippen molar-refractivity contribution in [3.05, 3.63) is 77.6 Å². The lowest BCUT2D eigenvalue weighted by molar-refractivity contribution is 0.0526. The van der Waals surface area contributed by atoms with Gasteiger partial charge in [0.25, 0.3) is 0 Å². The molecule has 2 heterocycles. The number of esters is 1. The molecule has 0 spiro atoms. The first-order valence-electron chi connectivity index (χ1n) is 7.07. The van der Waals surface area contributed by atoms with E-state index >= 15 is 0 Å². The van der Waals surface area contributed by atoms with Gasteiger partial charge in [-0.25, -0.2) is 4.79 Å². The molecule has 0 atom stereocenters. The number of nitrogens with zero attached hydrogens (tertiary/aromatic N) is 1. The zero-order valence-corrected chi connectivity index (χ0v) is 12.2. The Morgan fingerprint density at radius 3 is 2.45 bits per heavy atom. The summed E-state index contributed by atoms with van der Waals surface area (Å²) in [4.78, 5) is 24.2. The van der Waals surface area contributed by atoms with Crippen LogP contribution in [0.25, 0.3) is 5.52 Å². The normalized spacial score (nSPS) is 10.6. The van der Waals surface area contributed by atoms with Crippen LogP contribution < -0.4 is 0 Å². The number of benzene rings is 1. The van der Waals surface area contributed by atoms with Crippen molar-refractivity contribution in [2.24, 2.45) is 0 Å². The average Bonchev–Trinajstić information content (AvgIpc) is 2.98. The zero-order chi connectivity index (χ0) is 15.5. The number of hydrogen-bond acceptors (Lipinski definition) is 3. The summed E-state index contributed by atoms with van der Waals surface area (Å²) in [6, 6.07) is 14.3. The van der Waals surface area contributed by atoms with E-state index in [9.17, 15) is 9.59 Å². The van der Waals surface area contributed by atoms with Crippen molar-refractivity contribution in [2.45, 2.75) is 6.92 Å². The molecule has 110 valence electrons. The lowest BCUT2D eigenvalue weighted by Crippen LogP contribution is -2.04. The molecule has 0 aliphatic carbocycles. The Labute approximate surface area is 128 Å². The fourth-order valence-corrected chi connectivity index (χ4v) is 2.33. The molecule has 0 aliphatic heterocycles. The Kier molecular flexibility index (Phi) is 3.74. The summed E-state index contributed by atoms with van der Waals surface area (Å²) in [5.74, 6) is -0.399. The van der Waals surface area contributed by atoms with E-state index in [1.54, 1.807) is 49.6 Å². The second kappa shape index (κ2) is 5.85. The van der Waals surface area contributed by atoms with Crippen molar-refractivity contribution in [1.82, 2.24) is 4.40 Å². The molecular weight excluding hydrogens is 278 g/mol. The molecule has 3 aromatic rings. The number of fused-ring (bicyclic) bond motifs is 1. The predicted octanol–water partition coefficient (Wildman–Crippen LogP) is 3.35. The number of hydrogen-bond donors (Lipinski definition) is 0. The third-order valence-electron chi connectivity index (χ3n) is 3.41. The maximum atomic E-state index is 12.4. The Hall–Kier alpha value is -2.88. The number of aromatic nitrogens is 1. The van der Waals surface area contributed by atoms with Gasteiger partial charge in [0.1, 0.15) is 0 Å². The van der Waals surface area contributed by atoms with Crippen LogP contribution in [-0.4, -0.2) is 22.8 Å². The molecule has 0 aliphatic rings. The van der Waals surface area contributed by atoms with Gasteiger partial charge in [-0.05, 0) is 25.1 Å². The number of ether oxygens (including phenoxy) is 1. The molecule has 4 nitrogen and oxygen atoms in total. The van der Waals surface area contributed by atoms with Gasteiger partial charge < -0.3 is 9.14 Å². The van der Waals surface area contributed by atoms with Gasteiger partial charge in [0.2, 0.25) is 0 Å². The van der Waals surface area contributed by atoms with Crippen molar-refractivity contribution in [3.63, 3.8) is 0 Å². The molecule has 22 heavy (non-hydrogen) atoms. The summed E-state index contributed by atoms with van der Waals surface area (Å²) >= 11 is 0. The van der Waals surface area contributed by atoms with Crippen molar-refractivity contribution in [1.29, 1.82) is 0 Å². The van der Waals surface area contributed by atoms with E-state index < -0.39 is 0 Å². The van der Waals surface area contributed by atoms with Crippen molar-refractivity contribution < 1.29 is 14.3 Å². The molecule has 0 fully saturated rings. The van der Waals surface area contributed by atoms with Gasteiger partial charge in [0.05, 0.1) is 12.2 Å². The molecule has 0 saturated carbocycles. The summed E-state index contributed by atoms with van der Waals surface area (Å²) < 4.78 is 6.80. The lowest BCUT2D eigenvalue weighted by atomic mass is 10.1. The van der Waals surface area contributed by atoms with Gasteiger partial charge >= 0.3 is 5.97 Å². The second-order valence-electron chi connectivity index (χ2n) is 4.89. The summed E-state index contributed by atoms with van der Waals surface area (Å²) in [5, 5.41) is 0. The van der Waals surface area contributed by atoms with Crippen LogP contribution >= 0.6 is 0 Å². The molecule has 3 rings (SSSR count). The lowest BCUT2D eigenvalue weighted by Gasteiger charge is -2.02. The van der Waals surface area contributed by atoms with Crippen LogP contribution in [0.15, 0.2) is 60.9 Å². The first-order valence-corrected chi connectivity index (χ1v) is 7.07. The highest BCUT2D eigenvalue weighted by Gasteiger charge is 2.13. The molecule has 0 unspecified atom stereocenters. The van der Waals surface area contributed by atoms with Crippen molar-refractivity contribution >= 4 is 17.3 Å². The maximum absolute atomic E-state index is 12.4. The smallest absolute Gasteiger partial charge is 0.338 e. The second-order valence-corrected chi connectivity index (χ2v) is 4.89. The van der Waals surface area contributed by atoms with Crippen LogP contribution in [0.2, 0.25) is 0 Å². The number of pyridine rings is 1. The van der Waals surface area contributed by atoms with E-state index in [2.05, 4.69) is 0 Å². The van der Waals surface area contributed by atoms with Crippen LogP contribution in [0.3, 0.4) is 0 Å². The maximum Gasteiger partial charge on any atom is 0.338 e. The van der Waals surface area contributed by atoms with Crippen molar-refractivity contribution in [2.75, 3.05) is 6.61 Å². The van der Waals surface area contributed by atoms with Crippen LogP contribution in [0.1, 0.15) is 33.2 Å². The number of rotatable bonds is 4. The van der Waals surface area contributed by atoms with E-state index in [4.69, 9.17) is 4.74 Å². The van der Waals surface area contributed by atoms with Crippen LogP contribution in [0, 0.1) is 0 Å². The third kappa shape index (κ3) is 2.63. The predicted molar refractivity (Wildman–Crippen MR) is 83.2 cm³/mol. The standard InChI is InChI=1S/C18H15NO3/c1-2-22-18(21)14-8-9-19-12-15(11-16(19)10-14)17(20)13-6-4-3-5-7-13/h3-12H,2H2,1H3. The summed E-state index contributed by atoms with van der Waals surface area (Å²) in [7, 11) is 0. The molecule has 0 N–H and O–H groups in total. The molecule has 1 aromatic carbocycles. The van der Waals surface area contributed by atoms with E-state index in [0.717, 1.165) is 5.52 Å². The number of carbonyl (C=O) groups is 2. The average molecular weight is 293 g/mol. The molecule has 2 aromatic heterocycles. The monoisotopic (exact) mass is 293 g/mol. The van der Waals surface area contributed by atoms with E-state index in [0.29, 0.717) is 23.3 Å². The molecule has 0 radical (unpaired) electrons. The summed E-state index contributed by atoms with van der Waals surface area (Å²) in [6.07, 6.45) is 3.52. The molecule has 0 bridgehead atoms. The fraction of sp³-hybridized carbons (Fsp3) is 0.111. The quantitative estimate of drug-likeness (QED) is 0.547. The van der Waals surface area contributed by atoms with Crippen LogP contribution in [0.4, 0.5) is 0 Å². The van der Waals surface area contributed by atoms with Gasteiger partial charge in [0, 0.05) is 29.0 Å². The largest absolute Gasteiger partial charge is 0.462 e. The summed E-state index contributed by atoms with van der Waals surface area (Å²) in [6.45, 7) is 2.10. The highest BCUT2D eigenvalue weighted by Crippen LogP contribution is 2.16. The van der Waals surface area contributed by atoms with E-state index in [-0.39, 0.29) is 11.8 Å². The minimum Gasteiger partial charge on any atom is -0.462 e. The fourth-order valence-electron chi connectivity index (χ4n) is 2.33. The molecular formula is C18H15NO3. The van der Waals surface area contributed by atoms with Gasteiger partial charge in [-0.1, -0.05) is 30.3 Å². The minimum atomic E-state index is -0.359. The SMILES string of the molecule is CCOC(=O)c1ccn2cc(C(=O)c3ccccc3)cc2c1. The first kappa shape index (κ1) is 14.1. The summed E-state index contributed by atoms with van der Waals surface area (Å²) in [5.41, 5.74) is 2.49. The zero-order valence-electron chi connectivity index (χ0n) is 12.2. The first-order chi connectivity index (χ1) is 10.7. The number of carbonyl (C=O) groups excluding carboxylic acids is 2. The third-order valence-corrected chi connectivity index (χ3v) is 3.41. The topological polar surface area (TPSA) is 47.8 Å². The molecule has 0 amide bonds. The van der Waals surface area contributed by atoms with Gasteiger partial charge in [-0.15, -0.1) is 0 Å². The molecule has 4 heteroatoms.